The molecule has 0 fully saturated rings. The van der Waals surface area contributed by atoms with Gasteiger partial charge in [-0.15, -0.1) is 0 Å². The van der Waals surface area contributed by atoms with Gasteiger partial charge in [0, 0.05) is 18.2 Å². The molecule has 2 rings (SSSR count). The van der Waals surface area contributed by atoms with Crippen molar-refractivity contribution in [2.45, 2.75) is 12.5 Å². The number of nitro groups is 1. The van der Waals surface area contributed by atoms with Crippen LogP contribution in [0.25, 0.3) is 6.08 Å². The van der Waals surface area contributed by atoms with Gasteiger partial charge < -0.3 is 10.4 Å². The van der Waals surface area contributed by atoms with E-state index in [1.54, 1.807) is 37.3 Å². The molecule has 2 aromatic carbocycles. The van der Waals surface area contributed by atoms with Crippen molar-refractivity contribution in [1.82, 2.24) is 5.32 Å². The lowest BCUT2D eigenvalue weighted by atomic mass is 9.96. The fourth-order valence-electron chi connectivity index (χ4n) is 2.10. The molecule has 1 unspecified atom stereocenters. The Morgan fingerprint density at radius 3 is 2.42 bits per heavy atom. The lowest BCUT2D eigenvalue weighted by Gasteiger charge is -2.23. The smallest absolute Gasteiger partial charge is 0.269 e. The van der Waals surface area contributed by atoms with E-state index in [4.69, 9.17) is 0 Å². The fourth-order valence-corrected chi connectivity index (χ4v) is 2.10. The Bertz CT molecular complexity index is 737. The van der Waals surface area contributed by atoms with E-state index in [2.05, 4.69) is 5.32 Å². The molecular weight excluding hydrogens is 308 g/mol. The Balaban J connectivity index is 1.92. The van der Waals surface area contributed by atoms with Crippen LogP contribution in [0, 0.1) is 10.1 Å². The van der Waals surface area contributed by atoms with Crippen molar-refractivity contribution in [2.75, 3.05) is 6.54 Å². The zero-order chi connectivity index (χ0) is 17.6. The van der Waals surface area contributed by atoms with E-state index < -0.39 is 10.5 Å². The third-order valence-electron chi connectivity index (χ3n) is 3.53. The molecule has 0 aliphatic heterocycles. The maximum absolute atomic E-state index is 11.9. The van der Waals surface area contributed by atoms with Crippen LogP contribution < -0.4 is 5.32 Å². The van der Waals surface area contributed by atoms with Crippen LogP contribution in [0.4, 0.5) is 5.69 Å². The highest BCUT2D eigenvalue weighted by Crippen LogP contribution is 2.19. The maximum atomic E-state index is 11.9. The lowest BCUT2D eigenvalue weighted by Crippen LogP contribution is -2.37. The van der Waals surface area contributed by atoms with Crippen LogP contribution in [0.15, 0.2) is 60.7 Å². The first kappa shape index (κ1) is 17.4. The Kier molecular flexibility index (Phi) is 5.44. The molecule has 6 nitrogen and oxygen atoms in total. The minimum atomic E-state index is -1.17. The molecular formula is C18H18N2O4. The van der Waals surface area contributed by atoms with Crippen LogP contribution in [0.3, 0.4) is 0 Å². The topological polar surface area (TPSA) is 92.5 Å². The van der Waals surface area contributed by atoms with Gasteiger partial charge in [-0.05, 0) is 36.3 Å². The number of aliphatic hydroxyl groups is 1. The van der Waals surface area contributed by atoms with Crippen molar-refractivity contribution in [2.24, 2.45) is 0 Å². The summed E-state index contributed by atoms with van der Waals surface area (Å²) in [4.78, 5) is 21.9. The molecule has 2 N–H and O–H groups in total. The lowest BCUT2D eigenvalue weighted by molar-refractivity contribution is -0.384. The number of non-ortho nitro benzene ring substituents is 1. The van der Waals surface area contributed by atoms with Gasteiger partial charge in [0.25, 0.3) is 5.69 Å². The number of nitrogens with zero attached hydrogens (tertiary/aromatic N) is 1. The first-order valence-electron chi connectivity index (χ1n) is 7.37. The molecule has 0 aromatic heterocycles. The van der Waals surface area contributed by atoms with E-state index in [1.165, 1.54) is 18.2 Å². The van der Waals surface area contributed by atoms with Gasteiger partial charge in [0.1, 0.15) is 5.60 Å². The number of carbonyl (C=O) groups excluding carboxylic acids is 1. The molecule has 1 amide bonds. The van der Waals surface area contributed by atoms with E-state index in [0.29, 0.717) is 11.1 Å². The molecule has 0 radical (unpaired) electrons. The van der Waals surface area contributed by atoms with E-state index in [-0.39, 0.29) is 18.1 Å². The summed E-state index contributed by atoms with van der Waals surface area (Å²) in [6.07, 6.45) is 2.87. The summed E-state index contributed by atoms with van der Waals surface area (Å²) in [6, 6.07) is 14.9. The van der Waals surface area contributed by atoms with Crippen molar-refractivity contribution in [3.05, 3.63) is 81.9 Å². The van der Waals surface area contributed by atoms with Crippen LogP contribution in [-0.2, 0) is 10.4 Å². The summed E-state index contributed by atoms with van der Waals surface area (Å²) in [5.74, 6) is -0.357. The Hall–Kier alpha value is -2.99. The normalized spacial score (nSPS) is 13.4. The molecule has 0 spiro atoms. The Morgan fingerprint density at radius 2 is 1.83 bits per heavy atom. The predicted octanol–water partition coefficient (Wildman–Crippen LogP) is 2.63. The average molecular weight is 326 g/mol. The molecule has 0 saturated heterocycles. The second kappa shape index (κ2) is 7.52. The third-order valence-corrected chi connectivity index (χ3v) is 3.53. The third kappa shape index (κ3) is 4.76. The number of nitrogens with one attached hydrogen (secondary N) is 1. The van der Waals surface area contributed by atoms with Gasteiger partial charge in [0.05, 0.1) is 11.5 Å². The van der Waals surface area contributed by atoms with Crippen molar-refractivity contribution in [3.8, 4) is 0 Å². The number of hydrogen-bond donors (Lipinski definition) is 2. The van der Waals surface area contributed by atoms with Crippen LogP contribution >= 0.6 is 0 Å². The summed E-state index contributed by atoms with van der Waals surface area (Å²) in [5, 5.41) is 23.6. The fraction of sp³-hybridized carbons (Fsp3) is 0.167. The zero-order valence-electron chi connectivity index (χ0n) is 13.2. The minimum Gasteiger partial charge on any atom is -0.384 e. The summed E-state index contributed by atoms with van der Waals surface area (Å²) in [6.45, 7) is 1.70. The highest BCUT2D eigenvalue weighted by molar-refractivity contribution is 5.91. The first-order chi connectivity index (χ1) is 11.4. The van der Waals surface area contributed by atoms with Crippen molar-refractivity contribution >= 4 is 17.7 Å². The second-order valence-electron chi connectivity index (χ2n) is 5.54. The van der Waals surface area contributed by atoms with Crippen LogP contribution in [-0.4, -0.2) is 22.5 Å². The minimum absolute atomic E-state index is 0.00416. The average Bonchev–Trinajstić information content (AvgIpc) is 2.59. The van der Waals surface area contributed by atoms with Gasteiger partial charge in [0.2, 0.25) is 5.91 Å². The largest absolute Gasteiger partial charge is 0.384 e. The zero-order valence-corrected chi connectivity index (χ0v) is 13.2. The first-order valence-corrected chi connectivity index (χ1v) is 7.37. The second-order valence-corrected chi connectivity index (χ2v) is 5.54. The van der Waals surface area contributed by atoms with Crippen LogP contribution in [0.1, 0.15) is 18.1 Å². The number of benzene rings is 2. The SMILES string of the molecule is CC(O)(CNC(=O)/C=C/c1ccc([N+](=O)[O-])cc1)c1ccccc1. The number of carbonyl (C=O) groups is 1. The summed E-state index contributed by atoms with van der Waals surface area (Å²) < 4.78 is 0. The Morgan fingerprint density at radius 1 is 1.21 bits per heavy atom. The van der Waals surface area contributed by atoms with E-state index in [9.17, 15) is 20.0 Å². The van der Waals surface area contributed by atoms with Gasteiger partial charge in [-0.1, -0.05) is 30.3 Å². The molecule has 0 heterocycles. The van der Waals surface area contributed by atoms with Gasteiger partial charge in [-0.2, -0.15) is 0 Å². The Labute approximate surface area is 139 Å². The van der Waals surface area contributed by atoms with Crippen molar-refractivity contribution in [1.29, 1.82) is 0 Å². The molecule has 0 bridgehead atoms. The van der Waals surface area contributed by atoms with Crippen LogP contribution in [0.5, 0.6) is 0 Å². The quantitative estimate of drug-likeness (QED) is 0.485. The molecule has 0 aliphatic carbocycles. The number of hydrogen-bond acceptors (Lipinski definition) is 4. The standard InChI is InChI=1S/C18H18N2O4/c1-18(22,15-5-3-2-4-6-15)13-19-17(21)12-9-14-7-10-16(11-8-14)20(23)24/h2-12,22H,13H2,1H3,(H,19,21)/b12-9+. The van der Waals surface area contributed by atoms with E-state index in [0.717, 1.165) is 0 Å². The molecule has 24 heavy (non-hydrogen) atoms. The number of rotatable bonds is 6. The molecule has 1 atom stereocenters. The highest BCUT2D eigenvalue weighted by atomic mass is 16.6. The highest BCUT2D eigenvalue weighted by Gasteiger charge is 2.22. The summed E-state index contributed by atoms with van der Waals surface area (Å²) >= 11 is 0. The summed E-state index contributed by atoms with van der Waals surface area (Å²) in [5.41, 5.74) is 0.212. The van der Waals surface area contributed by atoms with Crippen molar-refractivity contribution in [3.63, 3.8) is 0 Å². The predicted molar refractivity (Wildman–Crippen MR) is 91.2 cm³/mol. The van der Waals surface area contributed by atoms with Gasteiger partial charge in [-0.25, -0.2) is 0 Å². The van der Waals surface area contributed by atoms with E-state index in [1.807, 2.05) is 18.2 Å². The monoisotopic (exact) mass is 326 g/mol. The number of amides is 1. The molecule has 6 heteroatoms. The van der Waals surface area contributed by atoms with Gasteiger partial charge >= 0.3 is 0 Å². The summed E-state index contributed by atoms with van der Waals surface area (Å²) in [7, 11) is 0. The van der Waals surface area contributed by atoms with Gasteiger partial charge in [-0.3, -0.25) is 14.9 Å². The maximum Gasteiger partial charge on any atom is 0.269 e. The van der Waals surface area contributed by atoms with Gasteiger partial charge in [0.15, 0.2) is 0 Å². The van der Waals surface area contributed by atoms with Crippen molar-refractivity contribution < 1.29 is 14.8 Å². The van der Waals surface area contributed by atoms with Crippen LogP contribution in [0.2, 0.25) is 0 Å². The molecule has 124 valence electrons. The van der Waals surface area contributed by atoms with E-state index >= 15 is 0 Å². The molecule has 2 aromatic rings. The number of nitro benzene ring substituents is 1. The molecule has 0 saturated carbocycles. The molecule has 0 aliphatic rings.